The summed E-state index contributed by atoms with van der Waals surface area (Å²) in [4.78, 5) is 0. The molecule has 3 heteroatoms. The minimum absolute atomic E-state index is 0.606. The summed E-state index contributed by atoms with van der Waals surface area (Å²) in [7, 11) is 2.01. The van der Waals surface area contributed by atoms with E-state index in [4.69, 9.17) is 4.74 Å². The zero-order chi connectivity index (χ0) is 11.4. The molecule has 1 heterocycles. The maximum absolute atomic E-state index is 5.76. The number of aryl methyl sites for hydroxylation is 1. The fourth-order valence-corrected chi connectivity index (χ4v) is 2.00. The van der Waals surface area contributed by atoms with Crippen LogP contribution in [0.1, 0.15) is 5.56 Å². The van der Waals surface area contributed by atoms with Crippen molar-refractivity contribution in [3.63, 3.8) is 0 Å². The van der Waals surface area contributed by atoms with Crippen molar-refractivity contribution in [3.8, 4) is 5.75 Å². The summed E-state index contributed by atoms with van der Waals surface area (Å²) in [6, 6.07) is 12.1. The molecule has 0 spiro atoms. The van der Waals surface area contributed by atoms with Crippen LogP contribution < -0.4 is 9.30 Å². The minimum Gasteiger partial charge on any atom is -0.488 e. The number of halogens is 1. The fourth-order valence-electron chi connectivity index (χ4n) is 1.46. The molecule has 2 rings (SSSR count). The molecule has 0 aliphatic heterocycles. The van der Waals surface area contributed by atoms with Crippen LogP contribution in [0.15, 0.2) is 48.8 Å². The van der Waals surface area contributed by atoms with Crippen molar-refractivity contribution in [2.45, 2.75) is 6.61 Å². The van der Waals surface area contributed by atoms with Gasteiger partial charge in [-0.3, -0.25) is 0 Å². The third-order valence-electron chi connectivity index (χ3n) is 2.23. The first kappa shape index (κ1) is 11.4. The highest BCUT2D eigenvalue weighted by Gasteiger charge is 2.02. The molecule has 0 aliphatic carbocycles. The Labute approximate surface area is 109 Å². The number of benzene rings is 1. The maximum Gasteiger partial charge on any atom is 0.175 e. The first-order chi connectivity index (χ1) is 7.75. The molecular formula is C13H13INO+. The second kappa shape index (κ2) is 5.30. The molecule has 0 atom stereocenters. The van der Waals surface area contributed by atoms with Crippen LogP contribution in [0.25, 0.3) is 0 Å². The Balaban J connectivity index is 2.05. The summed E-state index contributed by atoms with van der Waals surface area (Å²) >= 11 is 2.28. The van der Waals surface area contributed by atoms with E-state index in [1.54, 1.807) is 0 Å². The molecule has 0 bridgehead atoms. The highest BCUT2D eigenvalue weighted by molar-refractivity contribution is 14.1. The molecule has 0 unspecified atom stereocenters. The van der Waals surface area contributed by atoms with Gasteiger partial charge in [-0.05, 0) is 40.8 Å². The van der Waals surface area contributed by atoms with Crippen LogP contribution in [0.5, 0.6) is 5.75 Å². The van der Waals surface area contributed by atoms with Crippen LogP contribution in [-0.2, 0) is 13.7 Å². The van der Waals surface area contributed by atoms with E-state index in [1.165, 1.54) is 5.56 Å². The fraction of sp³-hybridized carbons (Fsp3) is 0.154. The number of pyridine rings is 1. The van der Waals surface area contributed by atoms with Gasteiger partial charge in [0.05, 0.1) is 9.13 Å². The third kappa shape index (κ3) is 2.95. The van der Waals surface area contributed by atoms with Gasteiger partial charge >= 0.3 is 0 Å². The predicted molar refractivity (Wildman–Crippen MR) is 71.1 cm³/mol. The third-order valence-corrected chi connectivity index (χ3v) is 3.12. The summed E-state index contributed by atoms with van der Waals surface area (Å²) in [5, 5.41) is 0. The summed E-state index contributed by atoms with van der Waals surface area (Å²) in [5.74, 6) is 0.939. The topological polar surface area (TPSA) is 13.1 Å². The van der Waals surface area contributed by atoms with E-state index < -0.39 is 0 Å². The summed E-state index contributed by atoms with van der Waals surface area (Å²) < 4.78 is 8.92. The summed E-state index contributed by atoms with van der Waals surface area (Å²) in [6.07, 6.45) is 4.07. The lowest BCUT2D eigenvalue weighted by Crippen LogP contribution is -2.27. The van der Waals surface area contributed by atoms with Gasteiger partial charge in [0, 0.05) is 6.07 Å². The first-order valence-corrected chi connectivity index (χ1v) is 6.15. The van der Waals surface area contributed by atoms with E-state index in [0.29, 0.717) is 6.61 Å². The monoisotopic (exact) mass is 326 g/mol. The number of ether oxygens (including phenoxy) is 1. The molecule has 0 fully saturated rings. The van der Waals surface area contributed by atoms with E-state index in [1.807, 2.05) is 48.1 Å². The van der Waals surface area contributed by atoms with Crippen LogP contribution in [0.2, 0.25) is 0 Å². The largest absolute Gasteiger partial charge is 0.488 e. The lowest BCUT2D eigenvalue weighted by molar-refractivity contribution is -0.672. The van der Waals surface area contributed by atoms with Crippen molar-refractivity contribution in [1.29, 1.82) is 0 Å². The van der Waals surface area contributed by atoms with Gasteiger partial charge in [-0.15, -0.1) is 0 Å². The molecule has 0 N–H and O–H groups in total. The smallest absolute Gasteiger partial charge is 0.175 e. The van der Waals surface area contributed by atoms with Crippen molar-refractivity contribution >= 4 is 22.6 Å². The van der Waals surface area contributed by atoms with Gasteiger partial charge in [0.25, 0.3) is 0 Å². The van der Waals surface area contributed by atoms with Crippen molar-refractivity contribution < 1.29 is 9.30 Å². The molecule has 16 heavy (non-hydrogen) atoms. The zero-order valence-corrected chi connectivity index (χ0v) is 11.2. The minimum atomic E-state index is 0.606. The molecule has 0 saturated carbocycles. The lowest BCUT2D eigenvalue weighted by atomic mass is 10.3. The standard InChI is InChI=1S/C13H13INO/c1-15-8-4-5-11(9-15)10-16-13-7-3-2-6-12(13)14/h2-9H,10H2,1H3/q+1. The average Bonchev–Trinajstić information content (AvgIpc) is 2.28. The van der Waals surface area contributed by atoms with Gasteiger partial charge in [-0.2, -0.15) is 0 Å². The Hall–Kier alpha value is -1.10. The number of aromatic nitrogens is 1. The highest BCUT2D eigenvalue weighted by Crippen LogP contribution is 2.20. The molecule has 0 saturated heterocycles. The first-order valence-electron chi connectivity index (χ1n) is 5.07. The second-order valence-electron chi connectivity index (χ2n) is 3.60. The Morgan fingerprint density at radius 3 is 2.75 bits per heavy atom. The molecule has 1 aromatic carbocycles. The van der Waals surface area contributed by atoms with Crippen molar-refractivity contribution in [2.24, 2.45) is 7.05 Å². The number of para-hydroxylation sites is 1. The van der Waals surface area contributed by atoms with Crippen LogP contribution in [0.3, 0.4) is 0 Å². The average molecular weight is 326 g/mol. The molecule has 0 amide bonds. The van der Waals surface area contributed by atoms with Gasteiger partial charge in [-0.1, -0.05) is 12.1 Å². The molecule has 82 valence electrons. The number of hydrogen-bond donors (Lipinski definition) is 0. The van der Waals surface area contributed by atoms with Crippen molar-refractivity contribution in [3.05, 3.63) is 57.9 Å². The molecule has 1 aromatic heterocycles. The van der Waals surface area contributed by atoms with Crippen LogP contribution in [-0.4, -0.2) is 0 Å². The quantitative estimate of drug-likeness (QED) is 0.624. The second-order valence-corrected chi connectivity index (χ2v) is 4.76. The Kier molecular flexibility index (Phi) is 3.77. The normalized spacial score (nSPS) is 10.1. The molecule has 0 aliphatic rings. The summed E-state index contributed by atoms with van der Waals surface area (Å²) in [5.41, 5.74) is 1.17. The molecule has 0 radical (unpaired) electrons. The van der Waals surface area contributed by atoms with E-state index in [-0.39, 0.29) is 0 Å². The Bertz CT molecular complexity index is 485. The highest BCUT2D eigenvalue weighted by atomic mass is 127. The summed E-state index contributed by atoms with van der Waals surface area (Å²) in [6.45, 7) is 0.606. The molecular weight excluding hydrogens is 313 g/mol. The van der Waals surface area contributed by atoms with Gasteiger partial charge < -0.3 is 4.74 Å². The predicted octanol–water partition coefficient (Wildman–Crippen LogP) is 2.69. The van der Waals surface area contributed by atoms with E-state index in [2.05, 4.69) is 34.9 Å². The molecule has 2 aromatic rings. The van der Waals surface area contributed by atoms with Crippen LogP contribution >= 0.6 is 22.6 Å². The maximum atomic E-state index is 5.76. The van der Waals surface area contributed by atoms with Gasteiger partial charge in [0.1, 0.15) is 19.4 Å². The van der Waals surface area contributed by atoms with Gasteiger partial charge in [0.15, 0.2) is 12.4 Å². The van der Waals surface area contributed by atoms with E-state index >= 15 is 0 Å². The van der Waals surface area contributed by atoms with E-state index in [9.17, 15) is 0 Å². The van der Waals surface area contributed by atoms with Crippen LogP contribution in [0.4, 0.5) is 0 Å². The van der Waals surface area contributed by atoms with Crippen molar-refractivity contribution in [1.82, 2.24) is 0 Å². The number of nitrogens with zero attached hydrogens (tertiary/aromatic N) is 1. The zero-order valence-electron chi connectivity index (χ0n) is 9.06. The van der Waals surface area contributed by atoms with Crippen molar-refractivity contribution in [2.75, 3.05) is 0 Å². The van der Waals surface area contributed by atoms with Gasteiger partial charge in [-0.25, -0.2) is 4.57 Å². The Morgan fingerprint density at radius 2 is 2.00 bits per heavy atom. The van der Waals surface area contributed by atoms with Crippen LogP contribution in [0, 0.1) is 3.57 Å². The Morgan fingerprint density at radius 1 is 1.19 bits per heavy atom. The molecule has 2 nitrogen and oxygen atoms in total. The number of hydrogen-bond acceptors (Lipinski definition) is 1. The SMILES string of the molecule is C[n+]1cccc(COc2ccccc2I)c1. The van der Waals surface area contributed by atoms with Gasteiger partial charge in [0.2, 0.25) is 0 Å². The van der Waals surface area contributed by atoms with E-state index in [0.717, 1.165) is 9.32 Å². The number of rotatable bonds is 3. The lowest BCUT2D eigenvalue weighted by Gasteiger charge is -2.06.